The fourth-order valence-corrected chi connectivity index (χ4v) is 3.28. The summed E-state index contributed by atoms with van der Waals surface area (Å²) < 4.78 is 28.4. The second kappa shape index (κ2) is 7.63. The molecular formula is C16H23NO4S. The number of nitrogens with zero attached hydrogens (tertiary/aromatic N) is 1. The summed E-state index contributed by atoms with van der Waals surface area (Å²) in [6.45, 7) is 2.75. The van der Waals surface area contributed by atoms with Crippen molar-refractivity contribution in [2.75, 3.05) is 29.6 Å². The third-order valence-corrected chi connectivity index (χ3v) is 5.55. The number of hydrogen-bond donors (Lipinski definition) is 0. The average molecular weight is 325 g/mol. The molecule has 5 nitrogen and oxygen atoms in total. The van der Waals surface area contributed by atoms with Crippen molar-refractivity contribution in [1.82, 2.24) is 0 Å². The summed E-state index contributed by atoms with van der Waals surface area (Å²) in [5.74, 6) is 1.13. The van der Waals surface area contributed by atoms with E-state index in [4.69, 9.17) is 4.74 Å². The number of amides is 1. The molecule has 2 rings (SSSR count). The number of rotatable bonds is 7. The maximum absolute atomic E-state index is 11.9. The molecule has 1 aliphatic heterocycles. The normalized spacial score (nSPS) is 15.9. The van der Waals surface area contributed by atoms with E-state index >= 15 is 0 Å². The van der Waals surface area contributed by atoms with Crippen LogP contribution in [-0.4, -0.2) is 39.0 Å². The summed E-state index contributed by atoms with van der Waals surface area (Å²) in [6, 6.07) is 7.43. The summed E-state index contributed by atoms with van der Waals surface area (Å²) in [7, 11) is -2.94. The van der Waals surface area contributed by atoms with Gasteiger partial charge in [0.05, 0.1) is 12.4 Å². The molecule has 0 aromatic heterocycles. The SMILES string of the molecule is CCS(=O)(=O)CCCOc1cccc(N2CCCCC2=O)c1. The van der Waals surface area contributed by atoms with Crippen molar-refractivity contribution in [2.45, 2.75) is 32.6 Å². The molecule has 0 N–H and O–H groups in total. The number of piperidine rings is 1. The standard InChI is InChI=1S/C16H23NO4S/c1-2-22(19,20)12-6-11-21-15-8-5-7-14(13-15)17-10-4-3-9-16(17)18/h5,7-8,13H,2-4,6,9-12H2,1H3. The van der Waals surface area contributed by atoms with Gasteiger partial charge < -0.3 is 9.64 Å². The van der Waals surface area contributed by atoms with Crippen LogP contribution in [0.5, 0.6) is 5.75 Å². The Bertz CT molecular complexity index is 612. The van der Waals surface area contributed by atoms with Crippen LogP contribution >= 0.6 is 0 Å². The first-order chi connectivity index (χ1) is 10.5. The Kier molecular flexibility index (Phi) is 5.83. The van der Waals surface area contributed by atoms with Crippen molar-refractivity contribution in [2.24, 2.45) is 0 Å². The first-order valence-electron chi connectivity index (χ1n) is 7.75. The van der Waals surface area contributed by atoms with Crippen LogP contribution in [0.3, 0.4) is 0 Å². The molecule has 1 aliphatic rings. The van der Waals surface area contributed by atoms with Crippen LogP contribution in [0.2, 0.25) is 0 Å². The van der Waals surface area contributed by atoms with E-state index in [9.17, 15) is 13.2 Å². The summed E-state index contributed by atoms with van der Waals surface area (Å²) in [5, 5.41) is 0. The Morgan fingerprint density at radius 1 is 1.27 bits per heavy atom. The molecule has 1 aromatic rings. The minimum absolute atomic E-state index is 0.147. The molecule has 22 heavy (non-hydrogen) atoms. The van der Waals surface area contributed by atoms with E-state index in [-0.39, 0.29) is 17.4 Å². The lowest BCUT2D eigenvalue weighted by Gasteiger charge is -2.27. The predicted octanol–water partition coefficient (Wildman–Crippen LogP) is 2.41. The van der Waals surface area contributed by atoms with Crippen molar-refractivity contribution in [3.05, 3.63) is 24.3 Å². The molecule has 122 valence electrons. The minimum Gasteiger partial charge on any atom is -0.493 e. The minimum atomic E-state index is -2.94. The Morgan fingerprint density at radius 3 is 2.82 bits per heavy atom. The molecule has 0 spiro atoms. The summed E-state index contributed by atoms with van der Waals surface area (Å²) >= 11 is 0. The van der Waals surface area contributed by atoms with Gasteiger partial charge in [0.15, 0.2) is 0 Å². The molecule has 1 amide bonds. The van der Waals surface area contributed by atoms with E-state index in [1.165, 1.54) is 0 Å². The fraction of sp³-hybridized carbons (Fsp3) is 0.562. The monoisotopic (exact) mass is 325 g/mol. The maximum Gasteiger partial charge on any atom is 0.226 e. The highest BCUT2D eigenvalue weighted by molar-refractivity contribution is 7.91. The van der Waals surface area contributed by atoms with Gasteiger partial charge in [0, 0.05) is 30.5 Å². The lowest BCUT2D eigenvalue weighted by molar-refractivity contribution is -0.119. The second-order valence-corrected chi connectivity index (χ2v) is 7.91. The molecule has 0 unspecified atom stereocenters. The summed E-state index contributed by atoms with van der Waals surface area (Å²) in [6.07, 6.45) is 3.05. The Labute approximate surface area is 132 Å². The van der Waals surface area contributed by atoms with Gasteiger partial charge in [-0.15, -0.1) is 0 Å². The van der Waals surface area contributed by atoms with Gasteiger partial charge in [0.2, 0.25) is 5.91 Å². The average Bonchev–Trinajstić information content (AvgIpc) is 2.52. The molecule has 0 radical (unpaired) electrons. The Hall–Kier alpha value is -1.56. The van der Waals surface area contributed by atoms with E-state index in [0.717, 1.165) is 25.1 Å². The third kappa shape index (κ3) is 4.73. The number of carbonyl (C=O) groups excluding carboxylic acids is 1. The molecule has 1 fully saturated rings. The molecule has 0 aliphatic carbocycles. The molecule has 1 heterocycles. The van der Waals surface area contributed by atoms with E-state index < -0.39 is 9.84 Å². The molecule has 0 saturated carbocycles. The number of sulfone groups is 1. The zero-order valence-corrected chi connectivity index (χ0v) is 13.8. The van der Waals surface area contributed by atoms with Crippen molar-refractivity contribution in [3.8, 4) is 5.75 Å². The number of ether oxygens (including phenoxy) is 1. The van der Waals surface area contributed by atoms with Gasteiger partial charge in [-0.2, -0.15) is 0 Å². The van der Waals surface area contributed by atoms with E-state index in [1.54, 1.807) is 11.8 Å². The Morgan fingerprint density at radius 2 is 2.09 bits per heavy atom. The van der Waals surface area contributed by atoms with Gasteiger partial charge in [-0.25, -0.2) is 8.42 Å². The number of carbonyl (C=O) groups is 1. The first-order valence-corrected chi connectivity index (χ1v) is 9.57. The fourth-order valence-electron chi connectivity index (χ4n) is 2.43. The maximum atomic E-state index is 11.9. The van der Waals surface area contributed by atoms with Crippen LogP contribution < -0.4 is 9.64 Å². The van der Waals surface area contributed by atoms with Crippen molar-refractivity contribution < 1.29 is 17.9 Å². The lowest BCUT2D eigenvalue weighted by Crippen LogP contribution is -2.35. The number of anilines is 1. The van der Waals surface area contributed by atoms with Crippen molar-refractivity contribution >= 4 is 21.4 Å². The van der Waals surface area contributed by atoms with E-state index in [0.29, 0.717) is 25.2 Å². The second-order valence-electron chi connectivity index (χ2n) is 5.44. The lowest BCUT2D eigenvalue weighted by atomic mass is 10.1. The van der Waals surface area contributed by atoms with Gasteiger partial charge >= 0.3 is 0 Å². The topological polar surface area (TPSA) is 63.7 Å². The van der Waals surface area contributed by atoms with Crippen LogP contribution in [0.4, 0.5) is 5.69 Å². The van der Waals surface area contributed by atoms with Crippen LogP contribution in [0.15, 0.2) is 24.3 Å². The zero-order chi connectivity index (χ0) is 16.0. The van der Waals surface area contributed by atoms with Gasteiger partial charge in [0.1, 0.15) is 15.6 Å². The summed E-state index contributed by atoms with van der Waals surface area (Å²) in [5.41, 5.74) is 0.850. The molecule has 1 aromatic carbocycles. The van der Waals surface area contributed by atoms with Gasteiger partial charge in [0.25, 0.3) is 0 Å². The summed E-state index contributed by atoms with van der Waals surface area (Å²) in [4.78, 5) is 13.7. The van der Waals surface area contributed by atoms with Crippen LogP contribution in [0, 0.1) is 0 Å². The zero-order valence-electron chi connectivity index (χ0n) is 13.0. The molecular weight excluding hydrogens is 302 g/mol. The first kappa shape index (κ1) is 16.8. The smallest absolute Gasteiger partial charge is 0.226 e. The van der Waals surface area contributed by atoms with Gasteiger partial charge in [-0.05, 0) is 31.4 Å². The van der Waals surface area contributed by atoms with Gasteiger partial charge in [-0.3, -0.25) is 4.79 Å². The molecule has 6 heteroatoms. The molecule has 0 bridgehead atoms. The largest absolute Gasteiger partial charge is 0.493 e. The number of benzene rings is 1. The number of hydrogen-bond acceptors (Lipinski definition) is 4. The van der Waals surface area contributed by atoms with Crippen molar-refractivity contribution in [1.29, 1.82) is 0 Å². The van der Waals surface area contributed by atoms with Crippen LogP contribution in [0.1, 0.15) is 32.6 Å². The predicted molar refractivity (Wildman–Crippen MR) is 87.1 cm³/mol. The van der Waals surface area contributed by atoms with Gasteiger partial charge in [-0.1, -0.05) is 13.0 Å². The molecule has 0 atom stereocenters. The highest BCUT2D eigenvalue weighted by Crippen LogP contribution is 2.25. The van der Waals surface area contributed by atoms with Crippen LogP contribution in [0.25, 0.3) is 0 Å². The van der Waals surface area contributed by atoms with E-state index in [2.05, 4.69) is 0 Å². The Balaban J connectivity index is 1.90. The quantitative estimate of drug-likeness (QED) is 0.722. The highest BCUT2D eigenvalue weighted by atomic mass is 32.2. The van der Waals surface area contributed by atoms with Crippen molar-refractivity contribution in [3.63, 3.8) is 0 Å². The third-order valence-electron chi connectivity index (χ3n) is 3.76. The van der Waals surface area contributed by atoms with E-state index in [1.807, 2.05) is 24.3 Å². The highest BCUT2D eigenvalue weighted by Gasteiger charge is 2.19. The van der Waals surface area contributed by atoms with Crippen LogP contribution in [-0.2, 0) is 14.6 Å². The molecule has 1 saturated heterocycles.